The van der Waals surface area contributed by atoms with E-state index in [4.69, 9.17) is 9.84 Å². The first-order valence-corrected chi connectivity index (χ1v) is 10.8. The number of nitrogens with one attached hydrogen (secondary N) is 2. The molecule has 32 heavy (non-hydrogen) atoms. The summed E-state index contributed by atoms with van der Waals surface area (Å²) in [7, 11) is 1.46. The van der Waals surface area contributed by atoms with Crippen LogP contribution in [-0.4, -0.2) is 34.6 Å². The number of nitrogens with zero attached hydrogens (tertiary/aromatic N) is 2. The number of hydrogen-bond donors (Lipinski definition) is 3. The van der Waals surface area contributed by atoms with Crippen LogP contribution in [0.2, 0.25) is 0 Å². The zero-order chi connectivity index (χ0) is 23.6. The maximum atomic E-state index is 13.0. The van der Waals surface area contributed by atoms with Crippen molar-refractivity contribution in [3.63, 3.8) is 0 Å². The van der Waals surface area contributed by atoms with E-state index >= 15 is 0 Å². The lowest BCUT2D eigenvalue weighted by Gasteiger charge is -2.12. The van der Waals surface area contributed by atoms with Gasteiger partial charge in [0.15, 0.2) is 5.79 Å². The van der Waals surface area contributed by atoms with Crippen molar-refractivity contribution in [3.8, 4) is 5.75 Å². The van der Waals surface area contributed by atoms with Crippen LogP contribution in [0.4, 0.5) is 27.5 Å². The second-order valence-corrected chi connectivity index (χ2v) is 8.03. The van der Waals surface area contributed by atoms with E-state index in [1.54, 1.807) is 32.2 Å². The average Bonchev–Trinajstić information content (AvgIpc) is 2.77. The second-order valence-electron chi connectivity index (χ2n) is 7.17. The summed E-state index contributed by atoms with van der Waals surface area (Å²) in [5, 5.41) is 14.9. The number of aromatic nitrogens is 2. The van der Waals surface area contributed by atoms with Crippen LogP contribution in [0.3, 0.4) is 0 Å². The summed E-state index contributed by atoms with van der Waals surface area (Å²) in [6.45, 7) is 5.92. The fourth-order valence-corrected chi connectivity index (χ4v) is 2.46. The Morgan fingerprint density at radius 3 is 2.16 bits per heavy atom. The van der Waals surface area contributed by atoms with Crippen LogP contribution in [0, 0.1) is 5.82 Å². The average molecular weight is 507 g/mol. The van der Waals surface area contributed by atoms with Gasteiger partial charge in [0.1, 0.15) is 17.4 Å². The molecule has 0 unspecified atom stereocenters. The molecule has 3 N–H and O–H groups in total. The van der Waals surface area contributed by atoms with Gasteiger partial charge in [-0.15, -0.1) is 0 Å². The van der Waals surface area contributed by atoms with Crippen molar-refractivity contribution in [3.05, 3.63) is 65.0 Å². The predicted octanol–water partition coefficient (Wildman–Crippen LogP) is 6.02. The van der Waals surface area contributed by atoms with Gasteiger partial charge < -0.3 is 25.2 Å². The highest BCUT2D eigenvalue weighted by Gasteiger charge is 2.07. The molecular formula is C23H28BrFN4O3. The van der Waals surface area contributed by atoms with Crippen molar-refractivity contribution in [2.24, 2.45) is 0 Å². The van der Waals surface area contributed by atoms with Crippen molar-refractivity contribution in [1.82, 2.24) is 9.97 Å². The Morgan fingerprint density at radius 2 is 1.59 bits per heavy atom. The van der Waals surface area contributed by atoms with Gasteiger partial charge in [0, 0.05) is 24.7 Å². The van der Waals surface area contributed by atoms with Gasteiger partial charge in [-0.05, 0) is 84.7 Å². The van der Waals surface area contributed by atoms with Gasteiger partial charge in [-0.3, -0.25) is 0 Å². The first-order chi connectivity index (χ1) is 15.2. The smallest absolute Gasteiger partial charge is 0.229 e. The van der Waals surface area contributed by atoms with Gasteiger partial charge in [-0.2, -0.15) is 4.98 Å². The largest absolute Gasteiger partial charge is 0.494 e. The first-order valence-electron chi connectivity index (χ1n) is 10.0. The zero-order valence-electron chi connectivity index (χ0n) is 18.5. The van der Waals surface area contributed by atoms with Gasteiger partial charge in [0.05, 0.1) is 11.1 Å². The molecule has 0 aliphatic rings. The molecule has 2 aromatic carbocycles. The highest BCUT2D eigenvalue weighted by atomic mass is 79.9. The topological polar surface area (TPSA) is 88.5 Å². The first kappa shape index (κ1) is 25.5. The Bertz CT molecular complexity index is 964. The molecule has 0 radical (unpaired) electrons. The van der Waals surface area contributed by atoms with Gasteiger partial charge in [-0.25, -0.2) is 9.37 Å². The molecule has 0 bridgehead atoms. The molecule has 1 aromatic heterocycles. The van der Waals surface area contributed by atoms with E-state index in [0.717, 1.165) is 23.5 Å². The van der Waals surface area contributed by atoms with Crippen LogP contribution in [0.25, 0.3) is 0 Å². The standard InChI is InChI=1S/C19H18BrFN4O.C4H10O2/c1-2-11-26-16-9-7-15(8-10-16)24-19-22-12-17(20)18(25-19)23-14-5-3-13(21)4-6-14;1-4(2,5)6-3/h3-10,12H,2,11H2,1H3,(H2,22,23,24,25);5H,1-3H3. The lowest BCUT2D eigenvalue weighted by Crippen LogP contribution is -2.20. The van der Waals surface area contributed by atoms with Crippen LogP contribution in [0.5, 0.6) is 5.75 Å². The van der Waals surface area contributed by atoms with E-state index in [-0.39, 0.29) is 5.82 Å². The molecule has 0 fully saturated rings. The molecule has 3 rings (SSSR count). The summed E-state index contributed by atoms with van der Waals surface area (Å²) in [4.78, 5) is 8.71. The molecule has 0 aliphatic carbocycles. The summed E-state index contributed by atoms with van der Waals surface area (Å²) in [6, 6.07) is 13.7. The molecule has 0 aliphatic heterocycles. The number of anilines is 4. The number of ether oxygens (including phenoxy) is 2. The molecule has 0 atom stereocenters. The molecule has 0 amide bonds. The molecule has 0 spiro atoms. The summed E-state index contributed by atoms with van der Waals surface area (Å²) in [6.07, 6.45) is 2.62. The van der Waals surface area contributed by atoms with E-state index in [1.165, 1.54) is 19.2 Å². The maximum Gasteiger partial charge on any atom is 0.229 e. The third kappa shape index (κ3) is 9.17. The number of methoxy groups -OCH3 is 1. The Hall–Kier alpha value is -2.75. The number of benzene rings is 2. The van der Waals surface area contributed by atoms with Gasteiger partial charge in [0.25, 0.3) is 0 Å². The molecule has 172 valence electrons. The zero-order valence-corrected chi connectivity index (χ0v) is 20.1. The van der Waals surface area contributed by atoms with Gasteiger partial charge in [-0.1, -0.05) is 6.92 Å². The van der Waals surface area contributed by atoms with Gasteiger partial charge in [0.2, 0.25) is 5.95 Å². The third-order valence-corrected chi connectivity index (χ3v) is 4.51. The van der Waals surface area contributed by atoms with E-state index in [9.17, 15) is 4.39 Å². The number of rotatable bonds is 8. The van der Waals surface area contributed by atoms with E-state index in [2.05, 4.69) is 48.2 Å². The highest BCUT2D eigenvalue weighted by Crippen LogP contribution is 2.26. The van der Waals surface area contributed by atoms with Crippen LogP contribution in [0.1, 0.15) is 27.2 Å². The fraction of sp³-hybridized carbons (Fsp3) is 0.304. The summed E-state index contributed by atoms with van der Waals surface area (Å²) in [5.41, 5.74) is 1.58. The van der Waals surface area contributed by atoms with Crippen LogP contribution in [0.15, 0.2) is 59.2 Å². The normalized spacial score (nSPS) is 10.7. The monoisotopic (exact) mass is 506 g/mol. The summed E-state index contributed by atoms with van der Waals surface area (Å²) >= 11 is 3.42. The Kier molecular flexibility index (Phi) is 9.83. The molecule has 0 saturated carbocycles. The van der Waals surface area contributed by atoms with Crippen LogP contribution < -0.4 is 15.4 Å². The molecule has 1 heterocycles. The van der Waals surface area contributed by atoms with E-state index < -0.39 is 5.79 Å². The van der Waals surface area contributed by atoms with Crippen molar-refractivity contribution in [2.75, 3.05) is 24.4 Å². The molecule has 9 heteroatoms. The third-order valence-electron chi connectivity index (χ3n) is 3.93. The number of halogens is 2. The molecule has 3 aromatic rings. The van der Waals surface area contributed by atoms with Crippen LogP contribution >= 0.6 is 15.9 Å². The Balaban J connectivity index is 0.000000534. The lowest BCUT2D eigenvalue weighted by molar-refractivity contribution is -0.155. The van der Waals surface area contributed by atoms with E-state index in [1.807, 2.05) is 24.3 Å². The van der Waals surface area contributed by atoms with Crippen molar-refractivity contribution in [2.45, 2.75) is 33.0 Å². The second kappa shape index (κ2) is 12.3. The highest BCUT2D eigenvalue weighted by molar-refractivity contribution is 9.10. The van der Waals surface area contributed by atoms with Crippen LogP contribution in [-0.2, 0) is 4.74 Å². The SMILES string of the molecule is CCCOc1ccc(Nc2ncc(Br)c(Nc3ccc(F)cc3)n2)cc1.COC(C)(C)O. The minimum atomic E-state index is -0.958. The Morgan fingerprint density at radius 1 is 1.03 bits per heavy atom. The minimum absolute atomic E-state index is 0.286. The van der Waals surface area contributed by atoms with Crippen molar-refractivity contribution >= 4 is 39.1 Å². The van der Waals surface area contributed by atoms with Crippen molar-refractivity contribution < 1.29 is 19.0 Å². The van der Waals surface area contributed by atoms with E-state index in [0.29, 0.717) is 22.8 Å². The minimum Gasteiger partial charge on any atom is -0.494 e. The summed E-state index contributed by atoms with van der Waals surface area (Å²) < 4.78 is 23.8. The molecular weight excluding hydrogens is 479 g/mol. The number of hydrogen-bond acceptors (Lipinski definition) is 7. The van der Waals surface area contributed by atoms with Gasteiger partial charge >= 0.3 is 0 Å². The fourth-order valence-electron chi connectivity index (χ4n) is 2.17. The Labute approximate surface area is 196 Å². The quantitative estimate of drug-likeness (QED) is 0.322. The maximum absolute atomic E-state index is 13.0. The predicted molar refractivity (Wildman–Crippen MR) is 128 cm³/mol. The number of aliphatic hydroxyl groups is 1. The lowest BCUT2D eigenvalue weighted by atomic mass is 10.3. The molecule has 0 saturated heterocycles. The summed E-state index contributed by atoms with van der Waals surface area (Å²) in [5.74, 6) is 0.607. The van der Waals surface area contributed by atoms with Crippen molar-refractivity contribution in [1.29, 1.82) is 0 Å². The molecule has 7 nitrogen and oxygen atoms in total.